The molecule has 0 bridgehead atoms. The number of aliphatic hydroxyl groups is 1. The third-order valence-electron chi connectivity index (χ3n) is 5.35. The SMILES string of the molecule is CCOc1ccc(N2C(=O)C(=O)/C(=C(\O)c3ccc(OC)c(C)c3)C2c2ccco2)cc1. The van der Waals surface area contributed by atoms with Crippen LogP contribution in [0, 0.1) is 6.92 Å². The molecular formula is C25H23NO6. The third-order valence-corrected chi connectivity index (χ3v) is 5.35. The quantitative estimate of drug-likeness (QED) is 0.347. The van der Waals surface area contributed by atoms with Crippen LogP contribution in [0.1, 0.15) is 29.9 Å². The molecule has 0 radical (unpaired) electrons. The van der Waals surface area contributed by atoms with Gasteiger partial charge in [-0.25, -0.2) is 0 Å². The van der Waals surface area contributed by atoms with Gasteiger partial charge < -0.3 is 19.0 Å². The summed E-state index contributed by atoms with van der Waals surface area (Å²) in [4.78, 5) is 27.5. The van der Waals surface area contributed by atoms with E-state index in [1.807, 2.05) is 13.8 Å². The Morgan fingerprint density at radius 1 is 1.12 bits per heavy atom. The monoisotopic (exact) mass is 433 g/mol. The van der Waals surface area contributed by atoms with E-state index in [1.54, 1.807) is 61.7 Å². The zero-order chi connectivity index (χ0) is 22.8. The van der Waals surface area contributed by atoms with Crippen LogP contribution in [0.15, 0.2) is 70.9 Å². The maximum Gasteiger partial charge on any atom is 0.300 e. The summed E-state index contributed by atoms with van der Waals surface area (Å²) in [5.74, 6) is -0.141. The maximum absolute atomic E-state index is 13.1. The first kappa shape index (κ1) is 21.2. The smallest absolute Gasteiger partial charge is 0.300 e. The highest BCUT2D eigenvalue weighted by Gasteiger charge is 2.48. The fourth-order valence-electron chi connectivity index (χ4n) is 3.87. The van der Waals surface area contributed by atoms with E-state index in [1.165, 1.54) is 11.2 Å². The second-order valence-electron chi connectivity index (χ2n) is 7.30. The molecule has 1 amide bonds. The Kier molecular flexibility index (Phi) is 5.73. The number of rotatable bonds is 6. The van der Waals surface area contributed by atoms with E-state index < -0.39 is 17.7 Å². The molecule has 0 saturated carbocycles. The van der Waals surface area contributed by atoms with Gasteiger partial charge in [-0.1, -0.05) is 0 Å². The minimum atomic E-state index is -0.912. The second kappa shape index (κ2) is 8.63. The number of furan rings is 1. The van der Waals surface area contributed by atoms with Gasteiger partial charge in [0.1, 0.15) is 29.1 Å². The number of benzene rings is 2. The van der Waals surface area contributed by atoms with Crippen molar-refractivity contribution in [3.8, 4) is 11.5 Å². The predicted molar refractivity (Wildman–Crippen MR) is 119 cm³/mol. The van der Waals surface area contributed by atoms with Gasteiger partial charge in [-0.2, -0.15) is 0 Å². The number of aliphatic hydroxyl groups excluding tert-OH is 1. The standard InChI is InChI=1S/C25H23NO6/c1-4-31-18-10-8-17(9-11-18)26-22(20-6-5-13-32-20)21(24(28)25(26)29)23(27)16-7-12-19(30-3)15(2)14-16/h5-14,22,27H,4H2,1-3H3/b23-21-. The molecule has 0 aliphatic carbocycles. The van der Waals surface area contributed by atoms with Crippen molar-refractivity contribution in [1.82, 2.24) is 0 Å². The zero-order valence-electron chi connectivity index (χ0n) is 18.0. The Labute approximate surface area is 185 Å². The van der Waals surface area contributed by atoms with Crippen molar-refractivity contribution in [3.05, 3.63) is 83.3 Å². The fraction of sp³-hybridized carbons (Fsp3) is 0.200. The Balaban J connectivity index is 1.85. The largest absolute Gasteiger partial charge is 0.507 e. The maximum atomic E-state index is 13.1. The minimum Gasteiger partial charge on any atom is -0.507 e. The molecule has 164 valence electrons. The molecule has 7 heteroatoms. The van der Waals surface area contributed by atoms with Crippen molar-refractivity contribution in [2.24, 2.45) is 0 Å². The highest BCUT2D eigenvalue weighted by molar-refractivity contribution is 6.51. The van der Waals surface area contributed by atoms with Crippen LogP contribution in [0.5, 0.6) is 11.5 Å². The number of carbonyl (C=O) groups is 2. The van der Waals surface area contributed by atoms with E-state index in [4.69, 9.17) is 13.9 Å². The molecule has 1 N–H and O–H groups in total. The van der Waals surface area contributed by atoms with Crippen LogP contribution in [0.4, 0.5) is 5.69 Å². The molecule has 1 aromatic heterocycles. The van der Waals surface area contributed by atoms with E-state index in [0.717, 1.165) is 5.56 Å². The van der Waals surface area contributed by atoms with Crippen LogP contribution in [0.25, 0.3) is 5.76 Å². The van der Waals surface area contributed by atoms with Crippen LogP contribution in [0.3, 0.4) is 0 Å². The highest BCUT2D eigenvalue weighted by Crippen LogP contribution is 2.42. The summed E-state index contributed by atoms with van der Waals surface area (Å²) in [5.41, 5.74) is 1.64. The molecule has 1 unspecified atom stereocenters. The van der Waals surface area contributed by atoms with Gasteiger partial charge in [0.25, 0.3) is 11.7 Å². The molecule has 1 aliphatic heterocycles. The number of nitrogens with zero attached hydrogens (tertiary/aromatic N) is 1. The van der Waals surface area contributed by atoms with E-state index >= 15 is 0 Å². The molecule has 32 heavy (non-hydrogen) atoms. The van der Waals surface area contributed by atoms with Crippen LogP contribution in [0.2, 0.25) is 0 Å². The third kappa shape index (κ3) is 3.62. The molecule has 0 spiro atoms. The zero-order valence-corrected chi connectivity index (χ0v) is 18.0. The number of carbonyl (C=O) groups excluding carboxylic acids is 2. The Morgan fingerprint density at radius 2 is 1.88 bits per heavy atom. The number of methoxy groups -OCH3 is 1. The summed E-state index contributed by atoms with van der Waals surface area (Å²) in [7, 11) is 1.56. The molecule has 1 fully saturated rings. The summed E-state index contributed by atoms with van der Waals surface area (Å²) in [6, 6.07) is 14.3. The number of aryl methyl sites for hydroxylation is 1. The normalized spacial score (nSPS) is 17.6. The molecule has 1 saturated heterocycles. The van der Waals surface area contributed by atoms with Crippen molar-refractivity contribution in [2.45, 2.75) is 19.9 Å². The van der Waals surface area contributed by atoms with Gasteiger partial charge in [0.05, 0.1) is 25.6 Å². The van der Waals surface area contributed by atoms with Gasteiger partial charge in [0.15, 0.2) is 0 Å². The Hall–Kier alpha value is -4.00. The number of ether oxygens (including phenoxy) is 2. The predicted octanol–water partition coefficient (Wildman–Crippen LogP) is 4.62. The average molecular weight is 433 g/mol. The van der Waals surface area contributed by atoms with Crippen molar-refractivity contribution in [3.63, 3.8) is 0 Å². The first-order valence-corrected chi connectivity index (χ1v) is 10.2. The van der Waals surface area contributed by atoms with Gasteiger partial charge >= 0.3 is 0 Å². The van der Waals surface area contributed by atoms with Crippen LogP contribution in [-0.4, -0.2) is 30.5 Å². The van der Waals surface area contributed by atoms with Crippen molar-refractivity contribution < 1.29 is 28.6 Å². The molecule has 4 rings (SSSR count). The minimum absolute atomic E-state index is 0.0385. The number of anilines is 1. The molecule has 7 nitrogen and oxygen atoms in total. The topological polar surface area (TPSA) is 89.2 Å². The van der Waals surface area contributed by atoms with Gasteiger partial charge in [0.2, 0.25) is 0 Å². The summed E-state index contributed by atoms with van der Waals surface area (Å²) < 4.78 is 16.3. The van der Waals surface area contributed by atoms with Gasteiger partial charge in [-0.3, -0.25) is 14.5 Å². The Morgan fingerprint density at radius 3 is 2.47 bits per heavy atom. The Bertz CT molecular complexity index is 1180. The van der Waals surface area contributed by atoms with Crippen LogP contribution < -0.4 is 14.4 Å². The lowest BCUT2D eigenvalue weighted by molar-refractivity contribution is -0.132. The first-order valence-electron chi connectivity index (χ1n) is 10.2. The molecule has 3 aromatic rings. The lowest BCUT2D eigenvalue weighted by Crippen LogP contribution is -2.29. The lowest BCUT2D eigenvalue weighted by Gasteiger charge is -2.23. The number of ketones is 1. The van der Waals surface area contributed by atoms with E-state index in [-0.39, 0.29) is 11.3 Å². The average Bonchev–Trinajstić information content (AvgIpc) is 3.41. The van der Waals surface area contributed by atoms with Crippen molar-refractivity contribution in [2.75, 3.05) is 18.6 Å². The van der Waals surface area contributed by atoms with Crippen molar-refractivity contribution >= 4 is 23.1 Å². The van der Waals surface area contributed by atoms with Gasteiger partial charge in [-0.05, 0) is 74.0 Å². The molecule has 2 aromatic carbocycles. The van der Waals surface area contributed by atoms with E-state index in [2.05, 4.69) is 0 Å². The molecule has 1 aliphatic rings. The molecule has 2 heterocycles. The first-order chi connectivity index (χ1) is 15.5. The summed E-state index contributed by atoms with van der Waals surface area (Å²) in [6.07, 6.45) is 1.46. The number of Topliss-reactive ketones (excluding diaryl/α,β-unsaturated/α-hetero) is 1. The van der Waals surface area contributed by atoms with E-state index in [9.17, 15) is 14.7 Å². The summed E-state index contributed by atoms with van der Waals surface area (Å²) in [6.45, 7) is 4.22. The summed E-state index contributed by atoms with van der Waals surface area (Å²) >= 11 is 0. The van der Waals surface area contributed by atoms with E-state index in [0.29, 0.717) is 35.1 Å². The van der Waals surface area contributed by atoms with Gasteiger partial charge in [-0.15, -0.1) is 0 Å². The number of amides is 1. The lowest BCUT2D eigenvalue weighted by atomic mass is 9.98. The fourth-order valence-corrected chi connectivity index (χ4v) is 3.87. The highest BCUT2D eigenvalue weighted by atomic mass is 16.5. The molecule has 1 atom stereocenters. The summed E-state index contributed by atoms with van der Waals surface area (Å²) in [5, 5.41) is 11.1. The number of hydrogen-bond donors (Lipinski definition) is 1. The van der Waals surface area contributed by atoms with Crippen LogP contribution >= 0.6 is 0 Å². The number of hydrogen-bond acceptors (Lipinski definition) is 6. The van der Waals surface area contributed by atoms with Crippen molar-refractivity contribution in [1.29, 1.82) is 0 Å². The van der Waals surface area contributed by atoms with Gasteiger partial charge in [0, 0.05) is 11.3 Å². The second-order valence-corrected chi connectivity index (χ2v) is 7.30. The molecular weight excluding hydrogens is 410 g/mol. The van der Waals surface area contributed by atoms with Crippen LogP contribution in [-0.2, 0) is 9.59 Å².